The van der Waals surface area contributed by atoms with E-state index in [1.165, 1.54) is 5.56 Å². The predicted octanol–water partition coefficient (Wildman–Crippen LogP) is 6.79. The number of aromatic nitrogens is 2. The van der Waals surface area contributed by atoms with E-state index in [1.54, 1.807) is 6.07 Å². The lowest BCUT2D eigenvalue weighted by atomic mass is 9.97. The number of fused-ring (bicyclic) bond motifs is 1. The van der Waals surface area contributed by atoms with Crippen LogP contribution in [0.1, 0.15) is 23.2 Å². The van der Waals surface area contributed by atoms with Crippen molar-refractivity contribution in [2.75, 3.05) is 12.5 Å². The third kappa shape index (κ3) is 6.94. The van der Waals surface area contributed by atoms with Crippen LogP contribution >= 0.6 is 11.6 Å². The zero-order chi connectivity index (χ0) is 22.9. The largest absolute Gasteiger partial charge is 0.495 e. The van der Waals surface area contributed by atoms with Gasteiger partial charge < -0.3 is 10.1 Å². The van der Waals surface area contributed by atoms with Crippen LogP contribution in [0.25, 0.3) is 11.0 Å². The van der Waals surface area contributed by atoms with Gasteiger partial charge in [-0.25, -0.2) is 4.36 Å². The number of allylic oxidation sites excluding steroid dienone is 5. The molecule has 3 rings (SSSR count). The van der Waals surface area contributed by atoms with Crippen molar-refractivity contribution in [3.8, 4) is 5.88 Å². The molecule has 4 nitrogen and oxygen atoms in total. The number of benzene rings is 1. The van der Waals surface area contributed by atoms with Crippen LogP contribution < -0.4 is 0 Å². The van der Waals surface area contributed by atoms with E-state index in [9.17, 15) is 5.11 Å². The summed E-state index contributed by atoms with van der Waals surface area (Å²) in [6, 6.07) is 12.1. The molecular weight excluding hydrogens is 438 g/mol. The molecule has 1 unspecified atom stereocenters. The van der Waals surface area contributed by atoms with Crippen molar-refractivity contribution in [3.63, 3.8) is 0 Å². The van der Waals surface area contributed by atoms with Gasteiger partial charge in [0.15, 0.2) is 5.88 Å². The Hall–Kier alpha value is -2.63. The summed E-state index contributed by atoms with van der Waals surface area (Å²) in [5, 5.41) is 9.70. The summed E-state index contributed by atoms with van der Waals surface area (Å²) in [5.74, 6) is 0.758. The third-order valence-corrected chi connectivity index (χ3v) is 5.84. The Balaban J connectivity index is 1.75. The molecule has 32 heavy (non-hydrogen) atoms. The fourth-order valence-electron chi connectivity index (χ4n) is 3.50. The molecule has 0 amide bonds. The van der Waals surface area contributed by atoms with Gasteiger partial charge in [0, 0.05) is 24.1 Å². The summed E-state index contributed by atoms with van der Waals surface area (Å²) in [6.07, 6.45) is 17.3. The highest BCUT2D eigenvalue weighted by Gasteiger charge is 2.09. The van der Waals surface area contributed by atoms with Gasteiger partial charge in [-0.05, 0) is 60.6 Å². The molecule has 2 N–H and O–H groups in total. The fraction of sp³-hybridized carbons (Fsp3) is 0.269. The van der Waals surface area contributed by atoms with E-state index in [4.69, 9.17) is 11.6 Å². The zero-order valence-corrected chi connectivity index (χ0v) is 20.2. The first kappa shape index (κ1) is 24.0. The Morgan fingerprint density at radius 2 is 1.94 bits per heavy atom. The smallest absolute Gasteiger partial charge is 0.190 e. The van der Waals surface area contributed by atoms with Crippen LogP contribution in [-0.2, 0) is 29.4 Å². The highest BCUT2D eigenvalue weighted by atomic mass is 35.5. The van der Waals surface area contributed by atoms with Gasteiger partial charge >= 0.3 is 0 Å². The van der Waals surface area contributed by atoms with Gasteiger partial charge in [0.05, 0.1) is 16.7 Å². The number of nitrogens with one attached hydrogen (secondary N) is 1. The number of aromatic hydroxyl groups is 1. The summed E-state index contributed by atoms with van der Waals surface area (Å²) < 4.78 is 4.62. The molecule has 0 saturated carbocycles. The molecule has 6 heteroatoms. The molecular formula is C26H30ClN3OS. The number of alkyl halides is 1. The normalized spacial score (nSPS) is 12.9. The topological polar surface area (TPSA) is 61.3 Å². The van der Waals surface area contributed by atoms with Crippen LogP contribution in [0.2, 0.25) is 0 Å². The van der Waals surface area contributed by atoms with E-state index < -0.39 is 0 Å². The molecule has 2 aromatic heterocycles. The number of rotatable bonds is 10. The Bertz CT molecular complexity index is 1140. The number of halogens is 1. The number of nitrogens with zero attached hydrogens (tertiary/aromatic N) is 2. The average molecular weight is 468 g/mol. The second-order valence-electron chi connectivity index (χ2n) is 7.80. The van der Waals surface area contributed by atoms with Gasteiger partial charge in [0.1, 0.15) is 0 Å². The van der Waals surface area contributed by atoms with Crippen molar-refractivity contribution in [3.05, 3.63) is 90.2 Å². The number of aromatic amines is 1. The molecule has 2 heterocycles. The summed E-state index contributed by atoms with van der Waals surface area (Å²) in [5.41, 5.74) is 5.74. The minimum absolute atomic E-state index is 0.0396. The maximum absolute atomic E-state index is 9.70. The van der Waals surface area contributed by atoms with E-state index >= 15 is 0 Å². The quantitative estimate of drug-likeness (QED) is 0.254. The molecule has 0 aliphatic heterocycles. The molecule has 0 spiro atoms. The molecule has 0 fully saturated rings. The molecule has 0 radical (unpaired) electrons. The molecule has 0 saturated heterocycles. The highest BCUT2D eigenvalue weighted by molar-refractivity contribution is 7.85. The lowest BCUT2D eigenvalue weighted by Gasteiger charge is -2.10. The van der Waals surface area contributed by atoms with Crippen molar-refractivity contribution in [2.24, 2.45) is 10.3 Å². The van der Waals surface area contributed by atoms with Crippen molar-refractivity contribution >= 4 is 39.0 Å². The lowest BCUT2D eigenvalue weighted by molar-refractivity contribution is 0.458. The van der Waals surface area contributed by atoms with Gasteiger partial charge in [0.25, 0.3) is 0 Å². The van der Waals surface area contributed by atoms with Crippen molar-refractivity contribution < 1.29 is 5.11 Å². The van der Waals surface area contributed by atoms with Crippen LogP contribution in [0.15, 0.2) is 77.7 Å². The second kappa shape index (κ2) is 11.8. The summed E-state index contributed by atoms with van der Waals surface area (Å²) in [4.78, 5) is 7.59. The SMILES string of the molecule is C=CCC=CC(/C=C\Cc1nc2cc(O)[nH]c2cc1CCl)Cc1ccc(N=S(C)C)cc1. The Morgan fingerprint density at radius 3 is 2.62 bits per heavy atom. The zero-order valence-electron chi connectivity index (χ0n) is 18.6. The predicted molar refractivity (Wildman–Crippen MR) is 139 cm³/mol. The van der Waals surface area contributed by atoms with Crippen LogP contribution in [0, 0.1) is 5.92 Å². The van der Waals surface area contributed by atoms with Crippen LogP contribution in [-0.4, -0.2) is 27.6 Å². The van der Waals surface area contributed by atoms with Gasteiger partial charge in [-0.3, -0.25) is 4.98 Å². The van der Waals surface area contributed by atoms with Crippen LogP contribution in [0.5, 0.6) is 5.88 Å². The lowest BCUT2D eigenvalue weighted by Crippen LogP contribution is -1.99. The van der Waals surface area contributed by atoms with Gasteiger partial charge in [-0.15, -0.1) is 28.9 Å². The molecule has 1 atom stereocenters. The van der Waals surface area contributed by atoms with E-state index in [2.05, 4.69) is 82.0 Å². The first-order chi connectivity index (χ1) is 15.5. The van der Waals surface area contributed by atoms with Crippen molar-refractivity contribution in [2.45, 2.75) is 25.1 Å². The van der Waals surface area contributed by atoms with E-state index in [-0.39, 0.29) is 22.5 Å². The Labute approximate surface area is 197 Å². The minimum atomic E-state index is 0.0396. The van der Waals surface area contributed by atoms with Crippen LogP contribution in [0.4, 0.5) is 5.69 Å². The van der Waals surface area contributed by atoms with Crippen molar-refractivity contribution in [1.29, 1.82) is 0 Å². The number of pyridine rings is 1. The first-order valence-corrected chi connectivity index (χ1v) is 13.1. The summed E-state index contributed by atoms with van der Waals surface area (Å²) in [7, 11) is 0.0396. The number of H-pyrrole nitrogens is 1. The van der Waals surface area contributed by atoms with Gasteiger partial charge in [0.2, 0.25) is 0 Å². The number of hydrogen-bond donors (Lipinski definition) is 2. The maximum Gasteiger partial charge on any atom is 0.190 e. The van der Waals surface area contributed by atoms with E-state index in [0.29, 0.717) is 12.3 Å². The molecule has 1 aromatic carbocycles. The Morgan fingerprint density at radius 1 is 1.19 bits per heavy atom. The summed E-state index contributed by atoms with van der Waals surface area (Å²) in [6.45, 7) is 3.80. The number of hydrogen-bond acceptors (Lipinski definition) is 3. The average Bonchev–Trinajstić information content (AvgIpc) is 3.13. The summed E-state index contributed by atoms with van der Waals surface area (Å²) >= 11 is 6.15. The van der Waals surface area contributed by atoms with Gasteiger partial charge in [-0.1, -0.05) is 42.5 Å². The first-order valence-electron chi connectivity index (χ1n) is 10.6. The van der Waals surface area contributed by atoms with E-state index in [0.717, 1.165) is 40.8 Å². The highest BCUT2D eigenvalue weighted by Crippen LogP contribution is 2.23. The fourth-order valence-corrected chi connectivity index (χ4v) is 4.27. The molecule has 0 bridgehead atoms. The monoisotopic (exact) mass is 467 g/mol. The standard InChI is InChI=1S/C26H30ClN3OS/c1-4-5-6-8-19(15-20-11-13-22(14-12-20)30-32(2)3)9-7-10-23-21(18-27)16-24-25(28-23)17-26(31)29-24/h4,6-9,11-14,16-17,19,29,31H,1,5,10,15,18H2,2-3H3/b8-6?,9-7-. The molecule has 0 aliphatic rings. The molecule has 168 valence electrons. The maximum atomic E-state index is 9.70. The van der Waals surface area contributed by atoms with Gasteiger partial charge in [-0.2, -0.15) is 0 Å². The third-order valence-electron chi connectivity index (χ3n) is 4.98. The molecule has 3 aromatic rings. The van der Waals surface area contributed by atoms with E-state index in [1.807, 2.05) is 12.1 Å². The second-order valence-corrected chi connectivity index (χ2v) is 9.80. The van der Waals surface area contributed by atoms with Crippen LogP contribution in [0.3, 0.4) is 0 Å². The molecule has 0 aliphatic carbocycles. The Kier molecular flexibility index (Phi) is 8.89. The minimum Gasteiger partial charge on any atom is -0.495 e. The van der Waals surface area contributed by atoms with Crippen molar-refractivity contribution in [1.82, 2.24) is 9.97 Å².